The molecule has 15 heavy (non-hydrogen) atoms. The zero-order valence-electron chi connectivity index (χ0n) is 6.63. The highest BCUT2D eigenvalue weighted by Gasteiger charge is 2.86. The molecule has 2 aliphatic carbocycles. The van der Waals surface area contributed by atoms with Crippen LogP contribution in [-0.2, 0) is 4.79 Å². The number of ketones is 1. The predicted octanol–water partition coefficient (Wildman–Crippen LogP) is 4.01. The van der Waals surface area contributed by atoms with E-state index in [1.54, 1.807) is 0 Å². The molecule has 0 spiro atoms. The minimum absolute atomic E-state index is 0.160. The summed E-state index contributed by atoms with van der Waals surface area (Å²) in [5, 5.41) is -1.49. The first kappa shape index (κ1) is 12.9. The van der Waals surface area contributed by atoms with Crippen molar-refractivity contribution in [2.45, 2.75) is 19.5 Å². The second-order valence-corrected chi connectivity index (χ2v) is 7.05. The van der Waals surface area contributed by atoms with Gasteiger partial charge < -0.3 is 0 Å². The third-order valence-electron chi connectivity index (χ3n) is 2.65. The van der Waals surface area contributed by atoms with Gasteiger partial charge in [-0.1, -0.05) is 46.4 Å². The van der Waals surface area contributed by atoms with Crippen molar-refractivity contribution < 1.29 is 4.79 Å². The Labute approximate surface area is 121 Å². The van der Waals surface area contributed by atoms with Gasteiger partial charge in [0.05, 0.1) is 10.4 Å². The van der Waals surface area contributed by atoms with Crippen LogP contribution in [0.15, 0.2) is 10.1 Å². The number of halogens is 7. The normalized spacial score (nSPS) is 47.9. The molecule has 2 aliphatic rings. The summed E-state index contributed by atoms with van der Waals surface area (Å²) in [7, 11) is 0. The third-order valence-corrected chi connectivity index (χ3v) is 7.42. The molecule has 0 aliphatic heterocycles. The molecular weight excluding hydrogens is 348 g/mol. The molecule has 0 amide bonds. The van der Waals surface area contributed by atoms with Crippen LogP contribution in [0.4, 0.5) is 0 Å². The molecule has 0 unspecified atom stereocenters. The van der Waals surface area contributed by atoms with Crippen molar-refractivity contribution in [3.05, 3.63) is 10.1 Å². The fourth-order valence-corrected chi connectivity index (χ4v) is 5.13. The molecule has 1 nitrogen and oxygen atoms in total. The lowest BCUT2D eigenvalue weighted by Gasteiger charge is -2.58. The lowest BCUT2D eigenvalue weighted by Crippen LogP contribution is -2.78. The molecule has 0 heterocycles. The standard InChI is InChI=1S/C7HCl7O/c8-1-2(9)6(12)5(11,3(1)15)4(10)7(6,13)14/h4H/t4-,5-,6-/m1/s1. The molecule has 0 aromatic heterocycles. The first-order chi connectivity index (χ1) is 6.63. The molecular formula is C7HCl7O. The smallest absolute Gasteiger partial charge is 0.200 e. The highest BCUT2D eigenvalue weighted by molar-refractivity contribution is 6.72. The summed E-state index contributed by atoms with van der Waals surface area (Å²) in [5.74, 6) is -0.650. The fraction of sp³-hybridized carbons (Fsp3) is 0.571. The van der Waals surface area contributed by atoms with Crippen LogP contribution in [0.5, 0.6) is 0 Å². The maximum Gasteiger partial charge on any atom is 0.200 e. The fourth-order valence-electron chi connectivity index (χ4n) is 1.75. The van der Waals surface area contributed by atoms with Crippen molar-refractivity contribution in [2.24, 2.45) is 0 Å². The van der Waals surface area contributed by atoms with E-state index in [1.807, 2.05) is 0 Å². The number of hydrogen-bond acceptors (Lipinski definition) is 1. The molecule has 0 radical (unpaired) electrons. The highest BCUT2D eigenvalue weighted by atomic mass is 35.5. The van der Waals surface area contributed by atoms with Crippen LogP contribution >= 0.6 is 81.2 Å². The minimum atomic E-state index is -1.67. The Morgan fingerprint density at radius 2 is 1.53 bits per heavy atom. The van der Waals surface area contributed by atoms with Gasteiger partial charge in [0, 0.05) is 0 Å². The van der Waals surface area contributed by atoms with Gasteiger partial charge >= 0.3 is 0 Å². The number of Topliss-reactive ketones (excluding diaryl/α,β-unsaturated/α-hetero) is 1. The molecule has 1 saturated carbocycles. The van der Waals surface area contributed by atoms with Crippen molar-refractivity contribution in [2.75, 3.05) is 0 Å². The van der Waals surface area contributed by atoms with Crippen LogP contribution in [-0.4, -0.2) is 25.2 Å². The molecule has 3 atom stereocenters. The molecule has 0 N–H and O–H groups in total. The summed E-state index contributed by atoms with van der Waals surface area (Å²) in [6.45, 7) is 0. The largest absolute Gasteiger partial charge is 0.291 e. The lowest BCUT2D eigenvalue weighted by molar-refractivity contribution is -0.118. The number of allylic oxidation sites excluding steroid dienone is 2. The quantitative estimate of drug-likeness (QED) is 0.604. The SMILES string of the molecule is O=C1C(Cl)=C(Cl)[C@]2(Cl)C(Cl)(Cl)[C@H](Cl)[C@]12Cl. The van der Waals surface area contributed by atoms with Crippen LogP contribution in [0.2, 0.25) is 0 Å². The summed E-state index contributed by atoms with van der Waals surface area (Å²) < 4.78 is -1.64. The lowest BCUT2D eigenvalue weighted by atomic mass is 9.71. The molecule has 0 aromatic carbocycles. The second kappa shape index (κ2) is 3.26. The van der Waals surface area contributed by atoms with Crippen LogP contribution in [0.25, 0.3) is 0 Å². The predicted molar refractivity (Wildman–Crippen MR) is 65.0 cm³/mol. The number of carbonyl (C=O) groups is 1. The Hall–Kier alpha value is 1.44. The number of rotatable bonds is 0. The molecule has 84 valence electrons. The van der Waals surface area contributed by atoms with Gasteiger partial charge in [0.1, 0.15) is 9.91 Å². The zero-order valence-corrected chi connectivity index (χ0v) is 11.9. The van der Waals surface area contributed by atoms with Gasteiger partial charge in [0.2, 0.25) is 0 Å². The van der Waals surface area contributed by atoms with Gasteiger partial charge in [0.25, 0.3) is 0 Å². The van der Waals surface area contributed by atoms with E-state index in [-0.39, 0.29) is 10.1 Å². The average Bonchev–Trinajstić information content (AvgIpc) is 2.31. The summed E-state index contributed by atoms with van der Waals surface area (Å²) >= 11 is 41.3. The van der Waals surface area contributed by atoms with Gasteiger partial charge in [-0.25, -0.2) is 0 Å². The van der Waals surface area contributed by atoms with Crippen molar-refractivity contribution >= 4 is 87.0 Å². The van der Waals surface area contributed by atoms with E-state index < -0.39 is 25.2 Å². The highest BCUT2D eigenvalue weighted by Crippen LogP contribution is 2.73. The van der Waals surface area contributed by atoms with Gasteiger partial charge in [-0.2, -0.15) is 0 Å². The maximum absolute atomic E-state index is 11.7. The van der Waals surface area contributed by atoms with Crippen molar-refractivity contribution in [3.8, 4) is 0 Å². The van der Waals surface area contributed by atoms with E-state index in [0.717, 1.165) is 0 Å². The van der Waals surface area contributed by atoms with Gasteiger partial charge in [-0.05, 0) is 0 Å². The van der Waals surface area contributed by atoms with Crippen LogP contribution < -0.4 is 0 Å². The van der Waals surface area contributed by atoms with E-state index in [4.69, 9.17) is 81.2 Å². The topological polar surface area (TPSA) is 17.1 Å². The van der Waals surface area contributed by atoms with E-state index in [9.17, 15) is 4.79 Å². The van der Waals surface area contributed by atoms with Crippen molar-refractivity contribution in [1.82, 2.24) is 0 Å². The Balaban J connectivity index is 2.67. The van der Waals surface area contributed by atoms with E-state index >= 15 is 0 Å². The van der Waals surface area contributed by atoms with Crippen LogP contribution in [0.1, 0.15) is 0 Å². The number of alkyl halides is 5. The number of carbonyl (C=O) groups excluding carboxylic acids is 1. The Kier molecular flexibility index (Phi) is 2.80. The molecule has 1 fully saturated rings. The third kappa shape index (κ3) is 1.05. The van der Waals surface area contributed by atoms with E-state index in [1.165, 1.54) is 0 Å². The maximum atomic E-state index is 11.7. The van der Waals surface area contributed by atoms with E-state index in [0.29, 0.717) is 0 Å². The van der Waals surface area contributed by atoms with Gasteiger partial charge in [-0.3, -0.25) is 4.79 Å². The van der Waals surface area contributed by atoms with Gasteiger partial charge in [0.15, 0.2) is 15.0 Å². The molecule has 2 rings (SSSR count). The van der Waals surface area contributed by atoms with Crippen molar-refractivity contribution in [3.63, 3.8) is 0 Å². The summed E-state index contributed by atoms with van der Waals surface area (Å²) in [6.07, 6.45) is 0. The summed E-state index contributed by atoms with van der Waals surface area (Å²) in [6, 6.07) is 0. The minimum Gasteiger partial charge on any atom is -0.291 e. The molecule has 0 bridgehead atoms. The van der Waals surface area contributed by atoms with Gasteiger partial charge in [-0.15, -0.1) is 34.8 Å². The first-order valence-corrected chi connectivity index (χ1v) is 6.34. The monoisotopic (exact) mass is 346 g/mol. The summed E-state index contributed by atoms with van der Waals surface area (Å²) in [5.41, 5.74) is 0. The Bertz CT molecular complexity index is 402. The first-order valence-electron chi connectivity index (χ1n) is 3.63. The number of fused-ring (bicyclic) bond motifs is 1. The zero-order chi connectivity index (χ0) is 11.8. The Morgan fingerprint density at radius 3 is 1.93 bits per heavy atom. The molecule has 0 aromatic rings. The average molecular weight is 349 g/mol. The Morgan fingerprint density at radius 1 is 1.07 bits per heavy atom. The second-order valence-electron chi connectivity index (χ2n) is 3.31. The van der Waals surface area contributed by atoms with Crippen LogP contribution in [0, 0.1) is 0 Å². The summed E-state index contributed by atoms with van der Waals surface area (Å²) in [4.78, 5) is 8.38. The molecule has 8 heteroatoms. The molecule has 0 saturated heterocycles. The van der Waals surface area contributed by atoms with E-state index in [2.05, 4.69) is 0 Å². The number of hydrogen-bond donors (Lipinski definition) is 0. The van der Waals surface area contributed by atoms with Crippen molar-refractivity contribution in [1.29, 1.82) is 0 Å². The van der Waals surface area contributed by atoms with Crippen LogP contribution in [0.3, 0.4) is 0 Å².